The summed E-state index contributed by atoms with van der Waals surface area (Å²) in [5, 5.41) is 1.50. The molecule has 0 aromatic heterocycles. The van der Waals surface area contributed by atoms with Gasteiger partial charge in [-0.2, -0.15) is 0 Å². The Balaban J connectivity index is 1.67. The average molecular weight is 376 g/mol. The maximum Gasteiger partial charge on any atom is 0.264 e. The number of benzene rings is 1. The molecule has 3 nitrogen and oxygen atoms in total. The highest BCUT2D eigenvalue weighted by molar-refractivity contribution is 7.98. The van der Waals surface area contributed by atoms with E-state index in [1.165, 1.54) is 24.1 Å². The fraction of sp³-hybridized carbons (Fsp3) is 0.438. The summed E-state index contributed by atoms with van der Waals surface area (Å²) < 4.78 is 22.6. The monoisotopic (exact) mass is 375 g/mol. The summed E-state index contributed by atoms with van der Waals surface area (Å²) in [7, 11) is 0. The minimum absolute atomic E-state index is 0.0675. The number of halogens is 3. The van der Waals surface area contributed by atoms with Crippen LogP contribution in [0.2, 0.25) is 5.02 Å². The Hall–Kier alpha value is -0.910. The third kappa shape index (κ3) is 4.55. The molecule has 1 N–H and O–H groups in total. The minimum atomic E-state index is -0.636. The fourth-order valence-corrected chi connectivity index (χ4v) is 3.40. The largest absolute Gasteiger partial charge is 0.488 e. The number of nitrogens with one attached hydrogen (secondary N) is 1. The van der Waals surface area contributed by atoms with E-state index in [9.17, 15) is 9.18 Å². The molecule has 1 aromatic carbocycles. The van der Waals surface area contributed by atoms with Crippen molar-refractivity contribution < 1.29 is 13.9 Å². The Bertz CT molecular complexity index is 649. The van der Waals surface area contributed by atoms with E-state index in [1.54, 1.807) is 0 Å². The van der Waals surface area contributed by atoms with Crippen molar-refractivity contribution in [2.45, 2.75) is 43.5 Å². The van der Waals surface area contributed by atoms with Crippen molar-refractivity contribution >= 4 is 41.1 Å². The van der Waals surface area contributed by atoms with Gasteiger partial charge in [0, 0.05) is 22.8 Å². The van der Waals surface area contributed by atoms with Crippen LogP contribution in [-0.4, -0.2) is 17.3 Å². The molecule has 0 aliphatic heterocycles. The van der Waals surface area contributed by atoms with Gasteiger partial charge in [0.2, 0.25) is 0 Å². The standard InChI is InChI=1S/C16H16Cl2FNO2S/c17-9-1-3-10(4-2-9)22-15-8-14(19)12(7-13(15)18)16(21)20-23-11-5-6-11/h1,7-8,10-11H,2-6H2,(H,20,21). The maximum atomic E-state index is 14.2. The van der Waals surface area contributed by atoms with Gasteiger partial charge < -0.3 is 4.74 Å². The van der Waals surface area contributed by atoms with Crippen LogP contribution in [0.15, 0.2) is 23.2 Å². The molecule has 1 amide bonds. The smallest absolute Gasteiger partial charge is 0.264 e. The van der Waals surface area contributed by atoms with E-state index in [1.807, 2.05) is 6.08 Å². The van der Waals surface area contributed by atoms with Crippen molar-refractivity contribution in [1.29, 1.82) is 0 Å². The van der Waals surface area contributed by atoms with Gasteiger partial charge in [-0.15, -0.1) is 0 Å². The molecule has 1 aromatic rings. The Morgan fingerprint density at radius 1 is 1.30 bits per heavy atom. The van der Waals surface area contributed by atoms with E-state index >= 15 is 0 Å². The van der Waals surface area contributed by atoms with Crippen LogP contribution in [0.5, 0.6) is 5.75 Å². The predicted octanol–water partition coefficient (Wildman–Crippen LogP) is 5.07. The average Bonchev–Trinajstić information content (AvgIpc) is 3.34. The third-order valence-electron chi connectivity index (χ3n) is 3.71. The molecule has 1 fully saturated rings. The van der Waals surface area contributed by atoms with Gasteiger partial charge in [0.25, 0.3) is 5.91 Å². The summed E-state index contributed by atoms with van der Waals surface area (Å²) in [4.78, 5) is 12.0. The van der Waals surface area contributed by atoms with Crippen molar-refractivity contribution in [2.24, 2.45) is 0 Å². The molecule has 124 valence electrons. The highest BCUT2D eigenvalue weighted by Crippen LogP contribution is 2.34. The first kappa shape index (κ1) is 16.9. The number of carbonyl (C=O) groups is 1. The summed E-state index contributed by atoms with van der Waals surface area (Å²) in [5.41, 5.74) is -0.0675. The van der Waals surface area contributed by atoms with E-state index < -0.39 is 11.7 Å². The van der Waals surface area contributed by atoms with Crippen LogP contribution in [0.1, 0.15) is 42.5 Å². The minimum Gasteiger partial charge on any atom is -0.488 e. The predicted molar refractivity (Wildman–Crippen MR) is 91.7 cm³/mol. The molecular weight excluding hydrogens is 360 g/mol. The van der Waals surface area contributed by atoms with Crippen molar-refractivity contribution in [3.8, 4) is 5.75 Å². The Labute approximate surface area is 148 Å². The van der Waals surface area contributed by atoms with Crippen molar-refractivity contribution in [3.05, 3.63) is 39.6 Å². The molecule has 1 atom stereocenters. The van der Waals surface area contributed by atoms with Gasteiger partial charge in [-0.3, -0.25) is 9.52 Å². The molecule has 7 heteroatoms. The zero-order valence-corrected chi connectivity index (χ0v) is 14.6. The normalized spacial score (nSPS) is 20.8. The van der Waals surface area contributed by atoms with Crippen molar-refractivity contribution in [2.75, 3.05) is 0 Å². The second-order valence-electron chi connectivity index (χ2n) is 5.68. The zero-order chi connectivity index (χ0) is 16.4. The van der Waals surface area contributed by atoms with Crippen LogP contribution in [-0.2, 0) is 0 Å². The summed E-state index contributed by atoms with van der Waals surface area (Å²) in [6.07, 6.45) is 6.15. The first-order valence-electron chi connectivity index (χ1n) is 7.49. The topological polar surface area (TPSA) is 38.3 Å². The molecule has 0 spiro atoms. The van der Waals surface area contributed by atoms with Crippen LogP contribution in [0.4, 0.5) is 4.39 Å². The van der Waals surface area contributed by atoms with Gasteiger partial charge in [0.15, 0.2) is 0 Å². The number of rotatable bonds is 5. The van der Waals surface area contributed by atoms with Crippen LogP contribution in [0.3, 0.4) is 0 Å². The van der Waals surface area contributed by atoms with Crippen molar-refractivity contribution in [1.82, 2.24) is 4.72 Å². The lowest BCUT2D eigenvalue weighted by Crippen LogP contribution is -2.20. The molecule has 0 saturated heterocycles. The van der Waals surface area contributed by atoms with E-state index in [4.69, 9.17) is 27.9 Å². The number of hydrogen-bond acceptors (Lipinski definition) is 3. The molecule has 2 aliphatic rings. The van der Waals surface area contributed by atoms with Gasteiger partial charge in [0.1, 0.15) is 17.7 Å². The first-order valence-corrected chi connectivity index (χ1v) is 9.12. The van der Waals surface area contributed by atoms with Crippen molar-refractivity contribution in [3.63, 3.8) is 0 Å². The second kappa shape index (κ2) is 7.32. The van der Waals surface area contributed by atoms with Gasteiger partial charge in [-0.05, 0) is 43.7 Å². The van der Waals surface area contributed by atoms with Crippen LogP contribution >= 0.6 is 35.1 Å². The SMILES string of the molecule is O=C(NSC1CC1)c1cc(Cl)c(OC2CC=C(Cl)CC2)cc1F. The summed E-state index contributed by atoms with van der Waals surface area (Å²) in [6, 6.07) is 2.50. The molecule has 2 aliphatic carbocycles. The summed E-state index contributed by atoms with van der Waals surface area (Å²) >= 11 is 13.4. The molecule has 23 heavy (non-hydrogen) atoms. The molecule has 0 heterocycles. The van der Waals surface area contributed by atoms with Gasteiger partial charge in [-0.1, -0.05) is 29.3 Å². The quantitative estimate of drug-likeness (QED) is 0.729. The van der Waals surface area contributed by atoms with Gasteiger partial charge in [-0.25, -0.2) is 4.39 Å². The number of allylic oxidation sites excluding steroid dienone is 1. The van der Waals surface area contributed by atoms with Gasteiger partial charge in [0.05, 0.1) is 10.6 Å². The maximum absolute atomic E-state index is 14.2. The summed E-state index contributed by atoms with van der Waals surface area (Å²) in [5.74, 6) is -0.852. The highest BCUT2D eigenvalue weighted by atomic mass is 35.5. The lowest BCUT2D eigenvalue weighted by atomic mass is 10.0. The number of amides is 1. The first-order chi connectivity index (χ1) is 11.0. The fourth-order valence-electron chi connectivity index (χ4n) is 2.24. The highest BCUT2D eigenvalue weighted by Gasteiger charge is 2.25. The van der Waals surface area contributed by atoms with Crippen LogP contribution < -0.4 is 9.46 Å². The van der Waals surface area contributed by atoms with E-state index in [0.717, 1.165) is 30.7 Å². The Morgan fingerprint density at radius 3 is 2.74 bits per heavy atom. The molecule has 3 rings (SSSR count). The molecule has 0 radical (unpaired) electrons. The lowest BCUT2D eigenvalue weighted by Gasteiger charge is -2.22. The number of hydrogen-bond donors (Lipinski definition) is 1. The Kier molecular flexibility index (Phi) is 5.39. The Morgan fingerprint density at radius 2 is 2.09 bits per heavy atom. The van der Waals surface area contributed by atoms with E-state index in [2.05, 4.69) is 4.72 Å². The summed E-state index contributed by atoms with van der Waals surface area (Å²) in [6.45, 7) is 0. The molecule has 1 unspecified atom stereocenters. The van der Waals surface area contributed by atoms with Crippen LogP contribution in [0.25, 0.3) is 0 Å². The van der Waals surface area contributed by atoms with Crippen LogP contribution in [0, 0.1) is 5.82 Å². The lowest BCUT2D eigenvalue weighted by molar-refractivity contribution is 0.0980. The number of carbonyl (C=O) groups excluding carboxylic acids is 1. The molecule has 0 bridgehead atoms. The van der Waals surface area contributed by atoms with E-state index in [0.29, 0.717) is 11.7 Å². The second-order valence-corrected chi connectivity index (χ2v) is 7.68. The third-order valence-corrected chi connectivity index (χ3v) is 5.46. The number of ether oxygens (including phenoxy) is 1. The molecule has 1 saturated carbocycles. The molecular formula is C16H16Cl2FNO2S. The van der Waals surface area contributed by atoms with E-state index in [-0.39, 0.29) is 22.4 Å². The zero-order valence-electron chi connectivity index (χ0n) is 12.3. The van der Waals surface area contributed by atoms with Gasteiger partial charge >= 0.3 is 0 Å².